The number of imide groups is 1. The first kappa shape index (κ1) is 13.9. The second kappa shape index (κ2) is 6.56. The molecule has 1 aliphatic heterocycles. The maximum absolute atomic E-state index is 11.7. The maximum atomic E-state index is 11.7. The molecule has 0 radical (unpaired) electrons. The van der Waals surface area contributed by atoms with E-state index in [0.29, 0.717) is 5.92 Å². The Balaban J connectivity index is 2.40. The Morgan fingerprint density at radius 2 is 2.12 bits per heavy atom. The Hall–Kier alpha value is -1.14. The van der Waals surface area contributed by atoms with Gasteiger partial charge in [-0.25, -0.2) is 4.79 Å². The minimum absolute atomic E-state index is 0.241. The Morgan fingerprint density at radius 1 is 1.41 bits per heavy atom. The molecule has 6 nitrogen and oxygen atoms in total. The van der Waals surface area contributed by atoms with E-state index in [1.165, 1.54) is 7.05 Å². The van der Waals surface area contributed by atoms with Crippen molar-refractivity contribution in [3.8, 4) is 0 Å². The molecule has 1 fully saturated rings. The van der Waals surface area contributed by atoms with Gasteiger partial charge in [0.15, 0.2) is 0 Å². The lowest BCUT2D eigenvalue weighted by Crippen LogP contribution is -2.48. The summed E-state index contributed by atoms with van der Waals surface area (Å²) in [6, 6.07) is -0.707. The number of carbonyl (C=O) groups is 2. The zero-order valence-electron chi connectivity index (χ0n) is 10.7. The van der Waals surface area contributed by atoms with Crippen LogP contribution in [0.1, 0.15) is 13.3 Å². The molecule has 3 N–H and O–H groups in total. The molecule has 0 spiro atoms. The Bertz CT molecular complexity index is 283. The first-order chi connectivity index (χ1) is 8.08. The second-order valence-corrected chi connectivity index (χ2v) is 4.45. The van der Waals surface area contributed by atoms with Crippen LogP contribution in [0.15, 0.2) is 0 Å². The lowest BCUT2D eigenvalue weighted by atomic mass is 10.1. The van der Waals surface area contributed by atoms with Crippen LogP contribution in [0.5, 0.6) is 0 Å². The SMILES string of the molecule is CNCC1CCN(C(C)C(=O)NC(=O)NC)C1. The summed E-state index contributed by atoms with van der Waals surface area (Å²) in [5.74, 6) is 0.352. The Kier molecular flexibility index (Phi) is 5.37. The highest BCUT2D eigenvalue weighted by Crippen LogP contribution is 2.17. The van der Waals surface area contributed by atoms with Crippen molar-refractivity contribution >= 4 is 11.9 Å². The molecule has 3 amide bonds. The zero-order valence-corrected chi connectivity index (χ0v) is 10.7. The predicted molar refractivity (Wildman–Crippen MR) is 65.7 cm³/mol. The molecule has 2 unspecified atom stereocenters. The number of carbonyl (C=O) groups excluding carboxylic acids is 2. The smallest absolute Gasteiger partial charge is 0.321 e. The van der Waals surface area contributed by atoms with E-state index in [1.807, 2.05) is 14.0 Å². The van der Waals surface area contributed by atoms with E-state index in [1.54, 1.807) is 0 Å². The van der Waals surface area contributed by atoms with E-state index < -0.39 is 6.03 Å². The average Bonchev–Trinajstić information content (AvgIpc) is 2.76. The van der Waals surface area contributed by atoms with Crippen LogP contribution < -0.4 is 16.0 Å². The van der Waals surface area contributed by atoms with Crippen molar-refractivity contribution in [1.82, 2.24) is 20.9 Å². The highest BCUT2D eigenvalue weighted by Gasteiger charge is 2.29. The zero-order chi connectivity index (χ0) is 12.8. The number of amides is 3. The maximum Gasteiger partial charge on any atom is 0.321 e. The first-order valence-corrected chi connectivity index (χ1v) is 5.99. The molecule has 0 aliphatic carbocycles. The highest BCUT2D eigenvalue weighted by atomic mass is 16.2. The lowest BCUT2D eigenvalue weighted by Gasteiger charge is -2.23. The fourth-order valence-corrected chi connectivity index (χ4v) is 2.11. The number of hydrogen-bond donors (Lipinski definition) is 3. The van der Waals surface area contributed by atoms with Crippen LogP contribution in [0.4, 0.5) is 4.79 Å². The molecule has 0 aromatic heterocycles. The van der Waals surface area contributed by atoms with Crippen molar-refractivity contribution in [1.29, 1.82) is 0 Å². The van der Waals surface area contributed by atoms with Crippen LogP contribution in [0.3, 0.4) is 0 Å². The minimum Gasteiger partial charge on any atom is -0.341 e. The molecular formula is C11H22N4O2. The molecule has 1 saturated heterocycles. The Labute approximate surface area is 102 Å². The van der Waals surface area contributed by atoms with E-state index in [-0.39, 0.29) is 11.9 Å². The van der Waals surface area contributed by atoms with Gasteiger partial charge in [-0.05, 0) is 39.4 Å². The summed E-state index contributed by atoms with van der Waals surface area (Å²) in [5, 5.41) is 7.83. The molecule has 0 saturated carbocycles. The van der Waals surface area contributed by atoms with Gasteiger partial charge in [-0.3, -0.25) is 15.0 Å². The summed E-state index contributed by atoms with van der Waals surface area (Å²) in [7, 11) is 3.43. The third-order valence-corrected chi connectivity index (χ3v) is 3.20. The first-order valence-electron chi connectivity index (χ1n) is 5.99. The summed E-state index contributed by atoms with van der Waals surface area (Å²) in [4.78, 5) is 24.9. The van der Waals surface area contributed by atoms with Gasteiger partial charge < -0.3 is 10.6 Å². The van der Waals surface area contributed by atoms with Gasteiger partial charge in [0.1, 0.15) is 0 Å². The third kappa shape index (κ3) is 3.98. The van der Waals surface area contributed by atoms with Gasteiger partial charge in [0.05, 0.1) is 6.04 Å². The van der Waals surface area contributed by atoms with Gasteiger partial charge >= 0.3 is 6.03 Å². The van der Waals surface area contributed by atoms with Crippen molar-refractivity contribution in [3.05, 3.63) is 0 Å². The van der Waals surface area contributed by atoms with Gasteiger partial charge in [0, 0.05) is 13.6 Å². The predicted octanol–water partition coefficient (Wildman–Crippen LogP) is -0.628. The Morgan fingerprint density at radius 3 is 2.71 bits per heavy atom. The number of nitrogens with one attached hydrogen (secondary N) is 3. The molecule has 1 heterocycles. The van der Waals surface area contributed by atoms with Gasteiger partial charge in [-0.15, -0.1) is 0 Å². The molecule has 2 atom stereocenters. The molecule has 1 aliphatic rings. The van der Waals surface area contributed by atoms with Crippen LogP contribution in [-0.4, -0.2) is 56.6 Å². The lowest BCUT2D eigenvalue weighted by molar-refractivity contribution is -0.124. The summed E-state index contributed by atoms with van der Waals surface area (Å²) in [5.41, 5.74) is 0. The summed E-state index contributed by atoms with van der Waals surface area (Å²) in [6.45, 7) is 4.62. The van der Waals surface area contributed by atoms with Gasteiger partial charge in [-0.1, -0.05) is 0 Å². The van der Waals surface area contributed by atoms with Crippen molar-refractivity contribution in [2.24, 2.45) is 5.92 Å². The van der Waals surface area contributed by atoms with E-state index in [4.69, 9.17) is 0 Å². The topological polar surface area (TPSA) is 73.5 Å². The number of rotatable bonds is 4. The van der Waals surface area contributed by atoms with E-state index in [9.17, 15) is 9.59 Å². The van der Waals surface area contributed by atoms with Crippen molar-refractivity contribution in [2.75, 3.05) is 33.7 Å². The number of hydrogen-bond acceptors (Lipinski definition) is 4. The molecular weight excluding hydrogens is 220 g/mol. The highest BCUT2D eigenvalue weighted by molar-refractivity contribution is 5.96. The minimum atomic E-state index is -0.451. The van der Waals surface area contributed by atoms with Crippen LogP contribution in [0, 0.1) is 5.92 Å². The van der Waals surface area contributed by atoms with Crippen LogP contribution in [0.25, 0.3) is 0 Å². The molecule has 6 heteroatoms. The molecule has 0 aromatic carbocycles. The quantitative estimate of drug-likeness (QED) is 0.614. The largest absolute Gasteiger partial charge is 0.341 e. The fraction of sp³-hybridized carbons (Fsp3) is 0.818. The monoisotopic (exact) mass is 242 g/mol. The molecule has 0 bridgehead atoms. The van der Waals surface area contributed by atoms with E-state index in [0.717, 1.165) is 26.1 Å². The van der Waals surface area contributed by atoms with Crippen LogP contribution in [0.2, 0.25) is 0 Å². The third-order valence-electron chi connectivity index (χ3n) is 3.20. The fourth-order valence-electron chi connectivity index (χ4n) is 2.11. The standard InChI is InChI=1S/C11H22N4O2/c1-8(10(16)14-11(17)13-3)15-5-4-9(7-15)6-12-2/h8-9,12H,4-7H2,1-3H3,(H2,13,14,16,17). The summed E-state index contributed by atoms with van der Waals surface area (Å²) < 4.78 is 0. The van der Waals surface area contributed by atoms with E-state index >= 15 is 0 Å². The van der Waals surface area contributed by atoms with Gasteiger partial charge in [0.2, 0.25) is 5.91 Å². The average molecular weight is 242 g/mol. The molecule has 98 valence electrons. The van der Waals surface area contributed by atoms with Crippen molar-refractivity contribution in [3.63, 3.8) is 0 Å². The molecule has 0 aromatic rings. The van der Waals surface area contributed by atoms with Crippen LogP contribution in [-0.2, 0) is 4.79 Å². The normalized spacial score (nSPS) is 22.2. The number of likely N-dealkylation sites (tertiary alicyclic amines) is 1. The van der Waals surface area contributed by atoms with Gasteiger partial charge in [0.25, 0.3) is 0 Å². The number of nitrogens with zero attached hydrogens (tertiary/aromatic N) is 1. The van der Waals surface area contributed by atoms with Crippen molar-refractivity contribution < 1.29 is 9.59 Å². The second-order valence-electron chi connectivity index (χ2n) is 4.45. The summed E-state index contributed by atoms with van der Waals surface area (Å²) >= 11 is 0. The van der Waals surface area contributed by atoms with E-state index in [2.05, 4.69) is 20.9 Å². The molecule has 1 rings (SSSR count). The van der Waals surface area contributed by atoms with Crippen LogP contribution >= 0.6 is 0 Å². The number of urea groups is 1. The molecule has 17 heavy (non-hydrogen) atoms. The van der Waals surface area contributed by atoms with Crippen molar-refractivity contribution in [2.45, 2.75) is 19.4 Å². The summed E-state index contributed by atoms with van der Waals surface area (Å²) in [6.07, 6.45) is 1.10. The van der Waals surface area contributed by atoms with Gasteiger partial charge in [-0.2, -0.15) is 0 Å².